The molecule has 0 spiro atoms. The average Bonchev–Trinajstić information content (AvgIpc) is 2.24. The van der Waals surface area contributed by atoms with Gasteiger partial charge in [0.25, 0.3) is 0 Å². The molecule has 0 saturated carbocycles. The average molecular weight is 337 g/mol. The predicted octanol–water partition coefficient (Wildman–Crippen LogP) is 2.89. The first-order valence-electron chi connectivity index (χ1n) is 4.54. The van der Waals surface area contributed by atoms with Crippen molar-refractivity contribution in [3.63, 3.8) is 0 Å². The first-order valence-corrected chi connectivity index (χ1v) is 5.71. The zero-order valence-electron chi connectivity index (χ0n) is 8.59. The molecule has 0 fully saturated rings. The number of nitrogens with two attached hydrogens (primary N) is 1. The summed E-state index contributed by atoms with van der Waals surface area (Å²) >= 11 is 8.50. The van der Waals surface area contributed by atoms with Crippen molar-refractivity contribution in [1.82, 2.24) is 15.0 Å². The molecule has 18 heavy (non-hydrogen) atoms. The first-order chi connectivity index (χ1) is 8.45. The van der Waals surface area contributed by atoms with Gasteiger partial charge in [-0.05, 0) is 33.6 Å². The van der Waals surface area contributed by atoms with Crippen LogP contribution in [-0.4, -0.2) is 15.0 Å². The smallest absolute Gasteiger partial charge is 0.233 e. The third-order valence-electron chi connectivity index (χ3n) is 1.88. The van der Waals surface area contributed by atoms with E-state index in [2.05, 4.69) is 36.2 Å². The van der Waals surface area contributed by atoms with Crippen molar-refractivity contribution in [3.05, 3.63) is 33.5 Å². The van der Waals surface area contributed by atoms with Crippen LogP contribution >= 0.6 is 27.5 Å². The first kappa shape index (κ1) is 12.9. The maximum atomic E-state index is 13.5. The molecule has 0 aliphatic carbocycles. The molecule has 0 radical (unpaired) electrons. The molecule has 3 N–H and O–H groups in total. The lowest BCUT2D eigenvalue weighted by molar-refractivity contribution is 0.581. The number of nitrogens with zero attached hydrogens (tertiary/aromatic N) is 3. The molecule has 0 saturated heterocycles. The maximum absolute atomic E-state index is 13.5. The number of anilines is 3. The molecule has 1 aromatic carbocycles. The molecule has 1 heterocycles. The van der Waals surface area contributed by atoms with Crippen LogP contribution in [-0.2, 0) is 0 Å². The molecule has 0 amide bonds. The molecule has 5 nitrogen and oxygen atoms in total. The molecule has 0 atom stereocenters. The van der Waals surface area contributed by atoms with Gasteiger partial charge < -0.3 is 11.1 Å². The second kappa shape index (κ2) is 4.99. The monoisotopic (exact) mass is 335 g/mol. The largest absolute Gasteiger partial charge is 0.368 e. The van der Waals surface area contributed by atoms with Crippen LogP contribution in [0.3, 0.4) is 0 Å². The van der Waals surface area contributed by atoms with Gasteiger partial charge in [0.2, 0.25) is 17.2 Å². The van der Waals surface area contributed by atoms with E-state index in [9.17, 15) is 8.78 Å². The Hall–Kier alpha value is -1.54. The number of hydrogen-bond acceptors (Lipinski definition) is 5. The molecular weight excluding hydrogens is 331 g/mol. The molecule has 0 aliphatic heterocycles. The van der Waals surface area contributed by atoms with E-state index in [1.54, 1.807) is 0 Å². The van der Waals surface area contributed by atoms with E-state index >= 15 is 0 Å². The Kier molecular flexibility index (Phi) is 3.58. The normalized spacial score (nSPS) is 10.4. The Morgan fingerprint density at radius 1 is 1.17 bits per heavy atom. The van der Waals surface area contributed by atoms with E-state index in [0.29, 0.717) is 0 Å². The van der Waals surface area contributed by atoms with Crippen molar-refractivity contribution >= 4 is 45.1 Å². The van der Waals surface area contributed by atoms with Crippen LogP contribution in [0.25, 0.3) is 0 Å². The van der Waals surface area contributed by atoms with Gasteiger partial charge in [-0.3, -0.25) is 0 Å². The van der Waals surface area contributed by atoms with Crippen molar-refractivity contribution in [2.45, 2.75) is 0 Å². The summed E-state index contributed by atoms with van der Waals surface area (Å²) in [6, 6.07) is 1.93. The van der Waals surface area contributed by atoms with Gasteiger partial charge in [-0.2, -0.15) is 15.0 Å². The van der Waals surface area contributed by atoms with Crippen LogP contribution in [0.2, 0.25) is 5.28 Å². The van der Waals surface area contributed by atoms with Crippen LogP contribution in [0, 0.1) is 11.6 Å². The van der Waals surface area contributed by atoms with E-state index in [1.807, 2.05) is 0 Å². The number of aromatic nitrogens is 3. The summed E-state index contributed by atoms with van der Waals surface area (Å²) in [6.07, 6.45) is 0. The zero-order valence-corrected chi connectivity index (χ0v) is 10.9. The van der Waals surface area contributed by atoms with Gasteiger partial charge in [-0.15, -0.1) is 0 Å². The highest BCUT2D eigenvalue weighted by Gasteiger charge is 2.10. The number of halogens is 4. The highest BCUT2D eigenvalue weighted by Crippen LogP contribution is 2.25. The summed E-state index contributed by atoms with van der Waals surface area (Å²) in [5.74, 6) is -1.67. The molecule has 0 bridgehead atoms. The van der Waals surface area contributed by atoms with Crippen LogP contribution in [0.5, 0.6) is 0 Å². The minimum absolute atomic E-state index is 0.0232. The van der Waals surface area contributed by atoms with Gasteiger partial charge in [0.1, 0.15) is 11.6 Å². The fourth-order valence-electron chi connectivity index (χ4n) is 1.16. The van der Waals surface area contributed by atoms with Gasteiger partial charge in [0.15, 0.2) is 0 Å². The number of hydrogen-bond donors (Lipinski definition) is 2. The summed E-state index contributed by atoms with van der Waals surface area (Å²) in [5.41, 5.74) is 5.33. The SMILES string of the molecule is Nc1nc(Cl)nc(Nc2cc(Br)c(F)cc2F)n1. The summed E-state index contributed by atoms with van der Waals surface area (Å²) < 4.78 is 26.6. The minimum atomic E-state index is -0.800. The Bertz CT molecular complexity index is 590. The lowest BCUT2D eigenvalue weighted by Gasteiger charge is -2.07. The van der Waals surface area contributed by atoms with E-state index in [0.717, 1.165) is 6.07 Å². The van der Waals surface area contributed by atoms with Crippen molar-refractivity contribution in [2.75, 3.05) is 11.1 Å². The van der Waals surface area contributed by atoms with Gasteiger partial charge in [0.05, 0.1) is 10.2 Å². The summed E-state index contributed by atoms with van der Waals surface area (Å²) in [4.78, 5) is 11.0. The zero-order chi connectivity index (χ0) is 13.3. The van der Waals surface area contributed by atoms with Crippen molar-refractivity contribution in [3.8, 4) is 0 Å². The van der Waals surface area contributed by atoms with Gasteiger partial charge in [-0.25, -0.2) is 8.78 Å². The standard InChI is InChI=1S/C9H5BrClF2N5/c10-3-1-6(5(13)2-4(3)12)15-9-17-7(11)16-8(14)18-9/h1-2H,(H3,14,15,16,17,18). The van der Waals surface area contributed by atoms with Gasteiger partial charge >= 0.3 is 0 Å². The number of benzene rings is 1. The van der Waals surface area contributed by atoms with Crippen LogP contribution in [0.4, 0.5) is 26.4 Å². The Morgan fingerprint density at radius 2 is 1.89 bits per heavy atom. The third kappa shape index (κ3) is 2.82. The van der Waals surface area contributed by atoms with Gasteiger partial charge in [0, 0.05) is 6.07 Å². The van der Waals surface area contributed by atoms with E-state index in [4.69, 9.17) is 17.3 Å². The Balaban J connectivity index is 2.36. The quantitative estimate of drug-likeness (QED) is 0.825. The number of nitrogen functional groups attached to an aromatic ring is 1. The van der Waals surface area contributed by atoms with E-state index in [-0.39, 0.29) is 27.3 Å². The lowest BCUT2D eigenvalue weighted by atomic mass is 10.3. The topological polar surface area (TPSA) is 76.7 Å². The molecule has 94 valence electrons. The fraction of sp³-hybridized carbons (Fsp3) is 0. The van der Waals surface area contributed by atoms with Crippen molar-refractivity contribution < 1.29 is 8.78 Å². The summed E-state index contributed by atoms with van der Waals surface area (Å²) in [5, 5.41) is 2.39. The highest BCUT2D eigenvalue weighted by molar-refractivity contribution is 9.10. The predicted molar refractivity (Wildman–Crippen MR) is 66.6 cm³/mol. The molecule has 9 heteroatoms. The Morgan fingerprint density at radius 3 is 2.56 bits per heavy atom. The minimum Gasteiger partial charge on any atom is -0.368 e. The van der Waals surface area contributed by atoms with Crippen LogP contribution in [0.15, 0.2) is 16.6 Å². The third-order valence-corrected chi connectivity index (χ3v) is 2.66. The molecule has 1 aromatic heterocycles. The van der Waals surface area contributed by atoms with E-state index < -0.39 is 11.6 Å². The second-order valence-electron chi connectivity index (χ2n) is 3.16. The highest BCUT2D eigenvalue weighted by atomic mass is 79.9. The van der Waals surface area contributed by atoms with E-state index in [1.165, 1.54) is 6.07 Å². The number of nitrogens with one attached hydrogen (secondary N) is 1. The molecule has 2 rings (SSSR count). The Labute approximate surface area is 114 Å². The van der Waals surface area contributed by atoms with Crippen LogP contribution < -0.4 is 11.1 Å². The van der Waals surface area contributed by atoms with Crippen molar-refractivity contribution in [2.24, 2.45) is 0 Å². The molecular formula is C9H5BrClF2N5. The number of rotatable bonds is 2. The molecule has 0 aliphatic rings. The second-order valence-corrected chi connectivity index (χ2v) is 4.35. The van der Waals surface area contributed by atoms with Crippen molar-refractivity contribution in [1.29, 1.82) is 0 Å². The maximum Gasteiger partial charge on any atom is 0.233 e. The lowest BCUT2D eigenvalue weighted by Crippen LogP contribution is -2.04. The van der Waals surface area contributed by atoms with Crippen LogP contribution in [0.1, 0.15) is 0 Å². The molecule has 2 aromatic rings. The molecule has 0 unspecified atom stereocenters. The summed E-state index contributed by atoms with van der Waals surface area (Å²) in [7, 11) is 0. The van der Waals surface area contributed by atoms with Gasteiger partial charge in [-0.1, -0.05) is 0 Å². The summed E-state index contributed by atoms with van der Waals surface area (Å²) in [6.45, 7) is 0. The fourth-order valence-corrected chi connectivity index (χ4v) is 1.67.